The molecule has 1 heterocycles. The van der Waals surface area contributed by atoms with E-state index in [0.717, 1.165) is 5.56 Å². The second-order valence-corrected chi connectivity index (χ2v) is 10.3. The minimum absolute atomic E-state index is 0.0172. The third kappa shape index (κ3) is 3.80. The lowest BCUT2D eigenvalue weighted by Gasteiger charge is -2.39. The van der Waals surface area contributed by atoms with Crippen molar-refractivity contribution in [3.8, 4) is 0 Å². The number of benzene rings is 3. The number of nitro groups is 1. The number of anilines is 1. The van der Waals surface area contributed by atoms with Crippen LogP contribution in [-0.4, -0.2) is 26.6 Å². The second kappa shape index (κ2) is 8.92. The predicted molar refractivity (Wildman–Crippen MR) is 129 cm³/mol. The highest BCUT2D eigenvalue weighted by molar-refractivity contribution is 8.00. The minimum Gasteiger partial charge on any atom is -0.478 e. The highest BCUT2D eigenvalue weighted by atomic mass is 35.5. The smallest absolute Gasteiger partial charge is 0.337 e. The number of nitro benzene ring substituents is 1. The fourth-order valence-electron chi connectivity index (χ4n) is 5.23. The van der Waals surface area contributed by atoms with Gasteiger partial charge >= 0.3 is 5.97 Å². The number of alkyl halides is 1. The molecular weight excluding hydrogens is 479 g/mol. The first-order valence-corrected chi connectivity index (χ1v) is 12.1. The van der Waals surface area contributed by atoms with Crippen LogP contribution in [0.4, 0.5) is 15.8 Å². The number of para-hydroxylation sites is 2. The quantitative estimate of drug-likeness (QED) is 0.238. The second-order valence-electron chi connectivity index (χ2n) is 8.47. The van der Waals surface area contributed by atoms with E-state index in [2.05, 4.69) is 5.32 Å². The number of hydrogen-bond acceptors (Lipinski definition) is 5. The van der Waals surface area contributed by atoms with Gasteiger partial charge in [-0.15, -0.1) is 23.4 Å². The van der Waals surface area contributed by atoms with E-state index in [9.17, 15) is 24.4 Å². The molecule has 6 nitrogen and oxygen atoms in total. The van der Waals surface area contributed by atoms with Crippen LogP contribution in [0.2, 0.25) is 0 Å². The van der Waals surface area contributed by atoms with Crippen molar-refractivity contribution >= 4 is 40.7 Å². The molecule has 3 aromatic carbocycles. The molecule has 0 bridgehead atoms. The Morgan fingerprint density at radius 1 is 1.09 bits per heavy atom. The largest absolute Gasteiger partial charge is 0.478 e. The molecule has 0 saturated heterocycles. The maximum atomic E-state index is 14.9. The average molecular weight is 499 g/mol. The average Bonchev–Trinajstić information content (AvgIpc) is 3.15. The number of nitrogens with one attached hydrogen (secondary N) is 1. The lowest BCUT2D eigenvalue weighted by atomic mass is 9.76. The van der Waals surface area contributed by atoms with Gasteiger partial charge in [-0.05, 0) is 36.1 Å². The molecule has 0 spiro atoms. The molecule has 1 aliphatic heterocycles. The van der Waals surface area contributed by atoms with Crippen LogP contribution in [-0.2, 0) is 0 Å². The Labute approximate surface area is 204 Å². The summed E-state index contributed by atoms with van der Waals surface area (Å²) in [7, 11) is 0. The molecule has 1 fully saturated rings. The first kappa shape index (κ1) is 22.7. The third-order valence-corrected chi connectivity index (χ3v) is 8.77. The first-order valence-electron chi connectivity index (χ1n) is 10.8. The Hall–Kier alpha value is -3.10. The lowest BCUT2D eigenvalue weighted by molar-refractivity contribution is -0.387. The SMILES string of the molecule is O=C(O)c1cccc2c1N[C@H](c1ccccc1F)[C@@H]1C[C@H](Sc3ccccc3[N+](=O)[O-])[C@H](Cl)[C@@H]21. The molecule has 2 aliphatic rings. The molecule has 174 valence electrons. The third-order valence-electron chi connectivity index (χ3n) is 6.66. The fraction of sp³-hybridized carbons (Fsp3) is 0.240. The van der Waals surface area contributed by atoms with Gasteiger partial charge in [0.1, 0.15) is 5.82 Å². The Morgan fingerprint density at radius 3 is 2.53 bits per heavy atom. The van der Waals surface area contributed by atoms with Gasteiger partial charge in [0.05, 0.1) is 32.5 Å². The monoisotopic (exact) mass is 498 g/mol. The number of fused-ring (bicyclic) bond motifs is 3. The zero-order valence-electron chi connectivity index (χ0n) is 17.7. The van der Waals surface area contributed by atoms with Gasteiger partial charge in [-0.25, -0.2) is 9.18 Å². The Bertz CT molecular complexity index is 1290. The van der Waals surface area contributed by atoms with Crippen molar-refractivity contribution in [2.45, 2.75) is 33.9 Å². The van der Waals surface area contributed by atoms with E-state index >= 15 is 0 Å². The summed E-state index contributed by atoms with van der Waals surface area (Å²) in [5.74, 6) is -1.83. The van der Waals surface area contributed by atoms with Gasteiger partial charge in [-0.1, -0.05) is 42.5 Å². The molecule has 0 amide bonds. The molecule has 0 unspecified atom stereocenters. The molecule has 3 aromatic rings. The standard InChI is InChI=1S/C25H20ClFN2O4S/c26-22-20(34-19-11-4-3-10-18(19)29(32)33)12-16-21(22)14-7-5-8-15(25(30)31)24(14)28-23(16)13-6-1-2-9-17(13)27/h1-11,16,20-23,28H,12H2,(H,30,31)/t16-,20+,21+,22+,23-/m1/s1. The number of hydrogen-bond donors (Lipinski definition) is 2. The van der Waals surface area contributed by atoms with E-state index in [1.807, 2.05) is 6.07 Å². The van der Waals surface area contributed by atoms with E-state index in [1.54, 1.807) is 42.5 Å². The summed E-state index contributed by atoms with van der Waals surface area (Å²) in [4.78, 5) is 23.6. The van der Waals surface area contributed by atoms with Crippen molar-refractivity contribution in [1.82, 2.24) is 0 Å². The van der Waals surface area contributed by atoms with Crippen LogP contribution in [0.25, 0.3) is 0 Å². The summed E-state index contributed by atoms with van der Waals surface area (Å²) in [6, 6.07) is 17.6. The summed E-state index contributed by atoms with van der Waals surface area (Å²) in [5, 5.41) is 24.0. The van der Waals surface area contributed by atoms with Gasteiger partial charge in [0.2, 0.25) is 0 Å². The Kier molecular flexibility index (Phi) is 5.95. The number of nitrogens with zero attached hydrogens (tertiary/aromatic N) is 1. The maximum absolute atomic E-state index is 14.9. The van der Waals surface area contributed by atoms with Crippen LogP contribution >= 0.6 is 23.4 Å². The summed E-state index contributed by atoms with van der Waals surface area (Å²) < 4.78 is 14.9. The molecule has 2 N–H and O–H groups in total. The Balaban J connectivity index is 1.59. The number of carbonyl (C=O) groups is 1. The van der Waals surface area contributed by atoms with E-state index < -0.39 is 22.3 Å². The van der Waals surface area contributed by atoms with Crippen LogP contribution in [0.1, 0.15) is 39.9 Å². The van der Waals surface area contributed by atoms with Crippen molar-refractivity contribution < 1.29 is 19.2 Å². The zero-order chi connectivity index (χ0) is 24.0. The summed E-state index contributed by atoms with van der Waals surface area (Å²) in [6.45, 7) is 0. The topological polar surface area (TPSA) is 92.5 Å². The van der Waals surface area contributed by atoms with Crippen LogP contribution in [0, 0.1) is 21.8 Å². The van der Waals surface area contributed by atoms with E-state index in [1.165, 1.54) is 30.0 Å². The zero-order valence-corrected chi connectivity index (χ0v) is 19.3. The summed E-state index contributed by atoms with van der Waals surface area (Å²) >= 11 is 8.38. The number of halogens is 2. The highest BCUT2D eigenvalue weighted by Crippen LogP contribution is 2.58. The number of rotatable bonds is 5. The minimum atomic E-state index is -1.08. The van der Waals surface area contributed by atoms with E-state index in [0.29, 0.717) is 22.6 Å². The van der Waals surface area contributed by atoms with Crippen molar-refractivity contribution in [1.29, 1.82) is 0 Å². The van der Waals surface area contributed by atoms with Crippen LogP contribution in [0.15, 0.2) is 71.6 Å². The predicted octanol–water partition coefficient (Wildman–Crippen LogP) is 6.47. The molecule has 9 heteroatoms. The van der Waals surface area contributed by atoms with Gasteiger partial charge in [-0.3, -0.25) is 10.1 Å². The van der Waals surface area contributed by atoms with Gasteiger partial charge in [0, 0.05) is 22.8 Å². The van der Waals surface area contributed by atoms with Gasteiger partial charge in [-0.2, -0.15) is 0 Å². The molecule has 0 radical (unpaired) electrons. The fourth-order valence-corrected chi connectivity index (χ4v) is 7.17. The molecule has 34 heavy (non-hydrogen) atoms. The maximum Gasteiger partial charge on any atom is 0.337 e. The van der Waals surface area contributed by atoms with Crippen molar-refractivity contribution in [3.63, 3.8) is 0 Å². The van der Waals surface area contributed by atoms with Crippen LogP contribution < -0.4 is 5.32 Å². The summed E-state index contributed by atoms with van der Waals surface area (Å²) in [6.07, 6.45) is 0.582. The van der Waals surface area contributed by atoms with Crippen molar-refractivity contribution in [2.24, 2.45) is 5.92 Å². The molecule has 1 saturated carbocycles. The molecule has 5 rings (SSSR count). The van der Waals surface area contributed by atoms with Crippen molar-refractivity contribution in [2.75, 3.05) is 5.32 Å². The van der Waals surface area contributed by atoms with Gasteiger partial charge < -0.3 is 10.4 Å². The number of carboxylic acid groups (broad SMARTS) is 1. The normalized spacial score (nSPS) is 25.2. The molecular formula is C25H20ClFN2O4S. The van der Waals surface area contributed by atoms with Gasteiger partial charge in [0.15, 0.2) is 0 Å². The number of aromatic carboxylic acids is 1. The number of carboxylic acids is 1. The van der Waals surface area contributed by atoms with Crippen LogP contribution in [0.5, 0.6) is 0 Å². The van der Waals surface area contributed by atoms with Gasteiger partial charge in [0.25, 0.3) is 5.69 Å². The van der Waals surface area contributed by atoms with Crippen molar-refractivity contribution in [3.05, 3.63) is 99.4 Å². The number of thioether (sulfide) groups is 1. The molecule has 5 atom stereocenters. The Morgan fingerprint density at radius 2 is 1.79 bits per heavy atom. The van der Waals surface area contributed by atoms with Crippen LogP contribution in [0.3, 0.4) is 0 Å². The summed E-state index contributed by atoms with van der Waals surface area (Å²) in [5.41, 5.74) is 1.80. The first-order chi connectivity index (χ1) is 16.4. The van der Waals surface area contributed by atoms with E-state index in [4.69, 9.17) is 11.6 Å². The molecule has 1 aliphatic carbocycles. The van der Waals surface area contributed by atoms with E-state index in [-0.39, 0.29) is 34.2 Å². The lowest BCUT2D eigenvalue weighted by Crippen LogP contribution is -2.32. The molecule has 0 aromatic heterocycles. The highest BCUT2D eigenvalue weighted by Gasteiger charge is 2.51.